The standard InChI is InChI=1S/C6H8O7.C4H4O4.C2H2O4/c7-3(8)1-6(13,5(11)12)2-4(9)10;5-3(6)1-2-4(7)8;3-1(4)2(5)6/h13H,1-2H2,(H,7,8)(H,9,10)(H,11,12);1-2H,(H,5,6)(H,7,8);(H,3,4)(H,5,6). The Morgan fingerprint density at radius 1 is 0.593 bits per heavy atom. The molecule has 152 valence electrons. The van der Waals surface area contributed by atoms with Gasteiger partial charge in [-0.3, -0.25) is 9.59 Å². The Labute approximate surface area is 148 Å². The highest BCUT2D eigenvalue weighted by Crippen LogP contribution is 2.15. The molecule has 0 saturated heterocycles. The van der Waals surface area contributed by atoms with Gasteiger partial charge in [-0.05, 0) is 0 Å². The van der Waals surface area contributed by atoms with Crippen molar-refractivity contribution in [3.63, 3.8) is 0 Å². The first-order valence-electron chi connectivity index (χ1n) is 6.04. The van der Waals surface area contributed by atoms with E-state index in [9.17, 15) is 24.0 Å². The quantitative estimate of drug-likeness (QED) is 0.164. The summed E-state index contributed by atoms with van der Waals surface area (Å²) in [7, 11) is 0. The number of hydrogen-bond acceptors (Lipinski definition) is 8. The Hall–Kier alpha value is -4.01. The Kier molecular flexibility index (Phi) is 13.7. The molecule has 15 nitrogen and oxygen atoms in total. The molecule has 0 atom stereocenters. The third-order valence-electron chi connectivity index (χ3n) is 1.84. The van der Waals surface area contributed by atoms with Crippen molar-refractivity contribution in [1.29, 1.82) is 0 Å². The van der Waals surface area contributed by atoms with Crippen molar-refractivity contribution in [2.24, 2.45) is 0 Å². The van der Waals surface area contributed by atoms with Crippen LogP contribution < -0.4 is 0 Å². The van der Waals surface area contributed by atoms with Gasteiger partial charge in [0.25, 0.3) is 0 Å². The highest BCUT2D eigenvalue weighted by atomic mass is 16.4. The largest absolute Gasteiger partial charge is 0.481 e. The van der Waals surface area contributed by atoms with E-state index in [1.54, 1.807) is 0 Å². The summed E-state index contributed by atoms with van der Waals surface area (Å²) >= 11 is 0. The van der Waals surface area contributed by atoms with Gasteiger partial charge in [0.15, 0.2) is 5.60 Å². The summed E-state index contributed by atoms with van der Waals surface area (Å²) in [5.41, 5.74) is -2.74. The highest BCUT2D eigenvalue weighted by molar-refractivity contribution is 6.27. The van der Waals surface area contributed by atoms with E-state index in [1.807, 2.05) is 0 Å². The zero-order valence-electron chi connectivity index (χ0n) is 13.0. The molecule has 0 aliphatic rings. The summed E-state index contributed by atoms with van der Waals surface area (Å²) < 4.78 is 0. The lowest BCUT2D eigenvalue weighted by atomic mass is 9.96. The van der Waals surface area contributed by atoms with Crippen molar-refractivity contribution in [3.05, 3.63) is 12.2 Å². The molecule has 0 aromatic carbocycles. The minimum atomic E-state index is -2.74. The zero-order chi connectivity index (χ0) is 22.4. The van der Waals surface area contributed by atoms with E-state index < -0.39 is 60.2 Å². The Morgan fingerprint density at radius 3 is 0.963 bits per heavy atom. The Bertz CT molecular complexity index is 585. The van der Waals surface area contributed by atoms with Crippen LogP contribution in [0.3, 0.4) is 0 Å². The number of carbonyl (C=O) groups is 7. The lowest BCUT2D eigenvalue weighted by Crippen LogP contribution is -2.42. The minimum Gasteiger partial charge on any atom is -0.481 e. The molecule has 0 spiro atoms. The van der Waals surface area contributed by atoms with E-state index in [4.69, 9.17) is 50.4 Å². The third-order valence-corrected chi connectivity index (χ3v) is 1.84. The van der Waals surface area contributed by atoms with Crippen molar-refractivity contribution in [2.75, 3.05) is 0 Å². The molecule has 0 aromatic rings. The maximum absolute atomic E-state index is 10.3. The number of aliphatic hydroxyl groups is 1. The Morgan fingerprint density at radius 2 is 0.852 bits per heavy atom. The lowest BCUT2D eigenvalue weighted by molar-refractivity contribution is -0.170. The SMILES string of the molecule is O=C(O)C(=O)O.O=C(O)C=CC(=O)O.O=C(O)CC(O)(CC(=O)O)C(=O)O. The fraction of sp³-hybridized carbons (Fsp3) is 0.250. The second-order valence-electron chi connectivity index (χ2n) is 4.10. The van der Waals surface area contributed by atoms with Gasteiger partial charge in [0, 0.05) is 12.2 Å². The van der Waals surface area contributed by atoms with E-state index in [2.05, 4.69) is 0 Å². The zero-order valence-corrected chi connectivity index (χ0v) is 13.0. The smallest absolute Gasteiger partial charge is 0.414 e. The van der Waals surface area contributed by atoms with Gasteiger partial charge in [-0.15, -0.1) is 0 Å². The number of rotatable bonds is 7. The van der Waals surface area contributed by atoms with Crippen LogP contribution >= 0.6 is 0 Å². The van der Waals surface area contributed by atoms with Crippen LogP contribution in [0.15, 0.2) is 12.2 Å². The minimum absolute atomic E-state index is 0.558. The predicted molar refractivity (Wildman–Crippen MR) is 76.8 cm³/mol. The molecule has 0 heterocycles. The van der Waals surface area contributed by atoms with Crippen LogP contribution in [0.4, 0.5) is 0 Å². The molecule has 0 aliphatic heterocycles. The van der Waals surface area contributed by atoms with Gasteiger partial charge in [0.2, 0.25) is 0 Å². The van der Waals surface area contributed by atoms with Crippen molar-refractivity contribution < 1.29 is 74.4 Å². The molecular formula is C12H14O15. The summed E-state index contributed by atoms with van der Waals surface area (Å²) in [6, 6.07) is 0. The highest BCUT2D eigenvalue weighted by Gasteiger charge is 2.40. The monoisotopic (exact) mass is 398 g/mol. The molecule has 8 N–H and O–H groups in total. The predicted octanol–water partition coefficient (Wildman–Crippen LogP) is -2.38. The summed E-state index contributed by atoms with van der Waals surface area (Å²) in [4.78, 5) is 67.8. The van der Waals surface area contributed by atoms with E-state index in [1.165, 1.54) is 0 Å². The normalized spacial score (nSPS) is 9.67. The van der Waals surface area contributed by atoms with Crippen LogP contribution in [-0.2, 0) is 33.6 Å². The molecule has 0 aromatic heterocycles. The number of carboxylic acids is 7. The van der Waals surface area contributed by atoms with E-state index in [0.717, 1.165) is 0 Å². The first kappa shape index (κ1) is 27.8. The maximum Gasteiger partial charge on any atom is 0.414 e. The number of hydrogen-bond donors (Lipinski definition) is 8. The summed E-state index contributed by atoms with van der Waals surface area (Å²) in [5.74, 6) is -11.2. The van der Waals surface area contributed by atoms with E-state index >= 15 is 0 Å². The molecule has 0 saturated carbocycles. The molecule has 0 amide bonds. The summed E-state index contributed by atoms with van der Waals surface area (Å²) in [6.07, 6.45) is -1.17. The first-order chi connectivity index (χ1) is 12.0. The Balaban J connectivity index is -0.000000351. The van der Waals surface area contributed by atoms with Gasteiger partial charge in [0.05, 0.1) is 12.8 Å². The van der Waals surface area contributed by atoms with Crippen LogP contribution in [0.2, 0.25) is 0 Å². The molecular weight excluding hydrogens is 384 g/mol. The number of carboxylic acid groups (broad SMARTS) is 7. The third kappa shape index (κ3) is 19.9. The van der Waals surface area contributed by atoms with Gasteiger partial charge in [-0.25, -0.2) is 24.0 Å². The lowest BCUT2D eigenvalue weighted by Gasteiger charge is -2.18. The van der Waals surface area contributed by atoms with Gasteiger partial charge in [-0.2, -0.15) is 0 Å². The molecule has 15 heteroatoms. The van der Waals surface area contributed by atoms with Gasteiger partial charge >= 0.3 is 41.8 Å². The van der Waals surface area contributed by atoms with Gasteiger partial charge in [-0.1, -0.05) is 0 Å². The van der Waals surface area contributed by atoms with Gasteiger partial charge < -0.3 is 40.9 Å². The fourth-order valence-electron chi connectivity index (χ4n) is 0.857. The topological polar surface area (TPSA) is 281 Å². The second kappa shape index (κ2) is 13.3. The van der Waals surface area contributed by atoms with Crippen molar-refractivity contribution in [1.82, 2.24) is 0 Å². The van der Waals surface area contributed by atoms with Crippen LogP contribution in [-0.4, -0.2) is 88.2 Å². The van der Waals surface area contributed by atoms with Crippen molar-refractivity contribution >= 4 is 41.8 Å². The molecule has 0 radical (unpaired) electrons. The first-order valence-corrected chi connectivity index (χ1v) is 6.04. The molecule has 0 aliphatic carbocycles. The average molecular weight is 398 g/mol. The van der Waals surface area contributed by atoms with Crippen LogP contribution in [0.5, 0.6) is 0 Å². The van der Waals surface area contributed by atoms with Gasteiger partial charge in [0.1, 0.15) is 0 Å². The molecule has 27 heavy (non-hydrogen) atoms. The van der Waals surface area contributed by atoms with Crippen LogP contribution in [0.25, 0.3) is 0 Å². The van der Waals surface area contributed by atoms with E-state index in [-0.39, 0.29) is 0 Å². The average Bonchev–Trinajstić information content (AvgIpc) is 2.44. The van der Waals surface area contributed by atoms with Crippen molar-refractivity contribution in [2.45, 2.75) is 18.4 Å². The summed E-state index contributed by atoms with van der Waals surface area (Å²) in [5, 5.41) is 64.2. The maximum atomic E-state index is 10.3. The molecule has 0 rings (SSSR count). The molecule has 0 fully saturated rings. The second-order valence-corrected chi connectivity index (χ2v) is 4.10. The summed E-state index contributed by atoms with van der Waals surface area (Å²) in [6.45, 7) is 0. The molecule has 0 unspecified atom stereocenters. The fourth-order valence-corrected chi connectivity index (χ4v) is 0.857. The van der Waals surface area contributed by atoms with Crippen LogP contribution in [0, 0.1) is 0 Å². The van der Waals surface area contributed by atoms with E-state index in [0.29, 0.717) is 12.2 Å². The molecule has 0 bridgehead atoms. The number of aliphatic carboxylic acids is 7. The van der Waals surface area contributed by atoms with Crippen LogP contribution in [0.1, 0.15) is 12.8 Å². The van der Waals surface area contributed by atoms with Crippen molar-refractivity contribution in [3.8, 4) is 0 Å².